The summed E-state index contributed by atoms with van der Waals surface area (Å²) in [6.45, 7) is 4.29. The third kappa shape index (κ3) is 5.88. The lowest BCUT2D eigenvalue weighted by atomic mass is 10.2. The van der Waals surface area contributed by atoms with Crippen LogP contribution in [0.5, 0.6) is 5.75 Å². The van der Waals surface area contributed by atoms with Crippen molar-refractivity contribution in [3.8, 4) is 5.75 Å². The van der Waals surface area contributed by atoms with Crippen molar-refractivity contribution in [2.75, 3.05) is 18.5 Å². The summed E-state index contributed by atoms with van der Waals surface area (Å²) in [6, 6.07) is 12.3. The van der Waals surface area contributed by atoms with Crippen LogP contribution in [0.15, 0.2) is 46.9 Å². The lowest BCUT2D eigenvalue weighted by Crippen LogP contribution is -2.20. The summed E-state index contributed by atoms with van der Waals surface area (Å²) >= 11 is 3.44. The quantitative estimate of drug-likeness (QED) is 0.635. The predicted octanol–water partition coefficient (Wildman–Crippen LogP) is 4.60. The first-order valence-electron chi connectivity index (χ1n) is 8.51. The second kappa shape index (κ2) is 9.97. The number of esters is 1. The van der Waals surface area contributed by atoms with Crippen LogP contribution in [0.4, 0.5) is 5.69 Å². The zero-order chi connectivity index (χ0) is 18.9. The first kappa shape index (κ1) is 20.0. The summed E-state index contributed by atoms with van der Waals surface area (Å²) in [7, 11) is 0. The summed E-state index contributed by atoms with van der Waals surface area (Å²) in [6.07, 6.45) is 1.71. The summed E-state index contributed by atoms with van der Waals surface area (Å²) in [5.74, 6) is -0.0300. The predicted molar refractivity (Wildman–Crippen MR) is 105 cm³/mol. The molecular weight excluding hydrogens is 398 g/mol. The van der Waals surface area contributed by atoms with Gasteiger partial charge >= 0.3 is 5.97 Å². The van der Waals surface area contributed by atoms with E-state index in [0.717, 1.165) is 17.3 Å². The van der Waals surface area contributed by atoms with E-state index >= 15 is 0 Å². The minimum Gasteiger partial charge on any atom is -0.483 e. The van der Waals surface area contributed by atoms with Gasteiger partial charge in [0.15, 0.2) is 6.61 Å². The standard InChI is InChI=1S/C20H22BrNO4/c1-3-11-25-20(24)15-6-8-16(9-7-15)22-19(23)13-26-18-10-5-14(4-2)12-17(18)21/h5-10,12H,3-4,11,13H2,1-2H3,(H,22,23). The molecule has 0 aromatic heterocycles. The van der Waals surface area contributed by atoms with Crippen LogP contribution in [0, 0.1) is 0 Å². The van der Waals surface area contributed by atoms with E-state index in [-0.39, 0.29) is 18.5 Å². The van der Waals surface area contributed by atoms with Gasteiger partial charge in [0.1, 0.15) is 5.75 Å². The summed E-state index contributed by atoms with van der Waals surface area (Å²) in [5.41, 5.74) is 2.23. The van der Waals surface area contributed by atoms with Crippen molar-refractivity contribution in [3.63, 3.8) is 0 Å². The smallest absolute Gasteiger partial charge is 0.338 e. The molecule has 0 radical (unpaired) electrons. The number of carbonyl (C=O) groups is 2. The van der Waals surface area contributed by atoms with E-state index in [9.17, 15) is 9.59 Å². The van der Waals surface area contributed by atoms with Crippen molar-refractivity contribution in [2.24, 2.45) is 0 Å². The average molecular weight is 420 g/mol. The third-order valence-electron chi connectivity index (χ3n) is 3.60. The van der Waals surface area contributed by atoms with Crippen LogP contribution in [0.1, 0.15) is 36.2 Å². The number of anilines is 1. The molecular formula is C20H22BrNO4. The van der Waals surface area contributed by atoms with E-state index in [4.69, 9.17) is 9.47 Å². The van der Waals surface area contributed by atoms with E-state index in [1.807, 2.05) is 25.1 Å². The van der Waals surface area contributed by atoms with Gasteiger partial charge in [0, 0.05) is 5.69 Å². The fraction of sp³-hybridized carbons (Fsp3) is 0.300. The molecule has 0 atom stereocenters. The zero-order valence-corrected chi connectivity index (χ0v) is 16.5. The minimum atomic E-state index is -0.367. The van der Waals surface area contributed by atoms with E-state index < -0.39 is 0 Å². The fourth-order valence-electron chi connectivity index (χ4n) is 2.19. The topological polar surface area (TPSA) is 64.6 Å². The molecule has 2 aromatic rings. The van der Waals surface area contributed by atoms with Crippen molar-refractivity contribution in [1.82, 2.24) is 0 Å². The molecule has 0 saturated heterocycles. The van der Waals surface area contributed by atoms with Crippen LogP contribution < -0.4 is 10.1 Å². The number of amides is 1. The molecule has 1 amide bonds. The highest BCUT2D eigenvalue weighted by Gasteiger charge is 2.09. The Bertz CT molecular complexity index is 759. The SMILES string of the molecule is CCCOC(=O)c1ccc(NC(=O)COc2ccc(CC)cc2Br)cc1. The van der Waals surface area contributed by atoms with E-state index in [0.29, 0.717) is 23.6 Å². The number of hydrogen-bond acceptors (Lipinski definition) is 4. The van der Waals surface area contributed by atoms with Gasteiger partial charge in [-0.25, -0.2) is 4.79 Å². The van der Waals surface area contributed by atoms with Gasteiger partial charge in [-0.2, -0.15) is 0 Å². The fourth-order valence-corrected chi connectivity index (χ4v) is 2.73. The van der Waals surface area contributed by atoms with Crippen molar-refractivity contribution >= 4 is 33.5 Å². The average Bonchev–Trinajstić information content (AvgIpc) is 2.65. The van der Waals surface area contributed by atoms with Gasteiger partial charge in [-0.15, -0.1) is 0 Å². The highest BCUT2D eigenvalue weighted by atomic mass is 79.9. The van der Waals surface area contributed by atoms with Gasteiger partial charge in [0.05, 0.1) is 16.6 Å². The van der Waals surface area contributed by atoms with Gasteiger partial charge in [0.2, 0.25) is 0 Å². The summed E-state index contributed by atoms with van der Waals surface area (Å²) in [5, 5.41) is 2.73. The lowest BCUT2D eigenvalue weighted by Gasteiger charge is -2.10. The van der Waals surface area contributed by atoms with Crippen LogP contribution in [-0.2, 0) is 16.0 Å². The Morgan fingerprint density at radius 2 is 1.81 bits per heavy atom. The number of ether oxygens (including phenoxy) is 2. The molecule has 138 valence electrons. The van der Waals surface area contributed by atoms with Crippen molar-refractivity contribution in [3.05, 3.63) is 58.1 Å². The lowest BCUT2D eigenvalue weighted by molar-refractivity contribution is -0.118. The second-order valence-corrected chi connectivity index (χ2v) is 6.52. The highest BCUT2D eigenvalue weighted by Crippen LogP contribution is 2.26. The monoisotopic (exact) mass is 419 g/mol. The van der Waals surface area contributed by atoms with Crippen molar-refractivity contribution in [2.45, 2.75) is 26.7 Å². The van der Waals surface area contributed by atoms with Crippen LogP contribution in [-0.4, -0.2) is 25.1 Å². The molecule has 5 nitrogen and oxygen atoms in total. The molecule has 0 aliphatic carbocycles. The first-order valence-corrected chi connectivity index (χ1v) is 9.31. The number of aryl methyl sites for hydroxylation is 1. The maximum Gasteiger partial charge on any atom is 0.338 e. The third-order valence-corrected chi connectivity index (χ3v) is 4.22. The van der Waals surface area contributed by atoms with Crippen LogP contribution in [0.2, 0.25) is 0 Å². The van der Waals surface area contributed by atoms with E-state index in [1.54, 1.807) is 24.3 Å². The molecule has 0 aliphatic rings. The molecule has 0 unspecified atom stereocenters. The number of carbonyl (C=O) groups excluding carboxylic acids is 2. The Labute approximate surface area is 161 Å². The Morgan fingerprint density at radius 1 is 1.08 bits per heavy atom. The van der Waals surface area contributed by atoms with Crippen molar-refractivity contribution < 1.29 is 19.1 Å². The number of hydrogen-bond donors (Lipinski definition) is 1. The molecule has 0 saturated carbocycles. The Hall–Kier alpha value is -2.34. The van der Waals surface area contributed by atoms with Gasteiger partial charge < -0.3 is 14.8 Å². The number of rotatable bonds is 8. The normalized spacial score (nSPS) is 10.3. The molecule has 1 N–H and O–H groups in total. The van der Waals surface area contributed by atoms with E-state index in [2.05, 4.69) is 28.2 Å². The highest BCUT2D eigenvalue weighted by molar-refractivity contribution is 9.10. The maximum absolute atomic E-state index is 12.0. The Kier molecular flexibility index (Phi) is 7.66. The first-order chi connectivity index (χ1) is 12.5. The molecule has 0 heterocycles. The van der Waals surface area contributed by atoms with E-state index in [1.165, 1.54) is 5.56 Å². The van der Waals surface area contributed by atoms with Gasteiger partial charge in [-0.05, 0) is 70.7 Å². The maximum atomic E-state index is 12.0. The molecule has 26 heavy (non-hydrogen) atoms. The molecule has 0 fully saturated rings. The molecule has 0 bridgehead atoms. The van der Waals surface area contributed by atoms with Gasteiger partial charge in [-0.1, -0.05) is 19.9 Å². The molecule has 0 aliphatic heterocycles. The number of halogens is 1. The Morgan fingerprint density at radius 3 is 2.42 bits per heavy atom. The molecule has 6 heteroatoms. The van der Waals surface area contributed by atoms with Crippen LogP contribution in [0.25, 0.3) is 0 Å². The zero-order valence-electron chi connectivity index (χ0n) is 14.9. The molecule has 2 rings (SSSR count). The van der Waals surface area contributed by atoms with Crippen LogP contribution >= 0.6 is 15.9 Å². The Balaban J connectivity index is 1.87. The van der Waals surface area contributed by atoms with Gasteiger partial charge in [-0.3, -0.25) is 4.79 Å². The molecule has 0 spiro atoms. The largest absolute Gasteiger partial charge is 0.483 e. The minimum absolute atomic E-state index is 0.107. The second-order valence-electron chi connectivity index (χ2n) is 5.67. The summed E-state index contributed by atoms with van der Waals surface area (Å²) < 4.78 is 11.4. The number of nitrogens with one attached hydrogen (secondary N) is 1. The van der Waals surface area contributed by atoms with Crippen LogP contribution in [0.3, 0.4) is 0 Å². The number of benzene rings is 2. The van der Waals surface area contributed by atoms with Gasteiger partial charge in [0.25, 0.3) is 5.91 Å². The molecule has 2 aromatic carbocycles. The van der Waals surface area contributed by atoms with Crippen molar-refractivity contribution in [1.29, 1.82) is 0 Å². The summed E-state index contributed by atoms with van der Waals surface area (Å²) in [4.78, 5) is 23.8.